The molecule has 0 amide bonds. The van der Waals surface area contributed by atoms with Crippen molar-refractivity contribution in [2.75, 3.05) is 0 Å². The highest BCUT2D eigenvalue weighted by Gasteiger charge is 2.08. The van der Waals surface area contributed by atoms with E-state index in [0.717, 1.165) is 5.82 Å². The van der Waals surface area contributed by atoms with Gasteiger partial charge in [0.2, 0.25) is 5.65 Å². The molecule has 6 nitrogen and oxygen atoms in total. The van der Waals surface area contributed by atoms with Crippen molar-refractivity contribution >= 4 is 5.65 Å². The predicted molar refractivity (Wildman–Crippen MR) is 52.6 cm³/mol. The number of hydrogen-bond acceptors (Lipinski definition) is 4. The summed E-state index contributed by atoms with van der Waals surface area (Å²) in [6.07, 6.45) is 7.07. The summed E-state index contributed by atoms with van der Waals surface area (Å²) in [6, 6.07) is 1.84. The largest absolute Gasteiger partial charge is 0.282 e. The van der Waals surface area contributed by atoms with E-state index in [9.17, 15) is 0 Å². The van der Waals surface area contributed by atoms with Crippen LogP contribution >= 0.6 is 0 Å². The summed E-state index contributed by atoms with van der Waals surface area (Å²) in [4.78, 5) is 4.24. The van der Waals surface area contributed by atoms with Gasteiger partial charge in [-0.2, -0.15) is 5.10 Å². The summed E-state index contributed by atoms with van der Waals surface area (Å²) in [5.41, 5.74) is 0.707. The van der Waals surface area contributed by atoms with Gasteiger partial charge in [-0.1, -0.05) is 0 Å². The maximum atomic E-state index is 4.24. The molecule has 0 aromatic carbocycles. The summed E-state index contributed by atoms with van der Waals surface area (Å²) in [7, 11) is 0. The maximum Gasteiger partial charge on any atom is 0.206 e. The van der Waals surface area contributed by atoms with E-state index in [4.69, 9.17) is 0 Å². The molecule has 0 unspecified atom stereocenters. The lowest BCUT2D eigenvalue weighted by Crippen LogP contribution is -2.01. The van der Waals surface area contributed by atoms with Crippen LogP contribution in [0.15, 0.2) is 30.9 Å². The van der Waals surface area contributed by atoms with Crippen LogP contribution in [-0.4, -0.2) is 29.4 Å². The van der Waals surface area contributed by atoms with Gasteiger partial charge in [0.1, 0.15) is 5.82 Å². The fourth-order valence-corrected chi connectivity index (χ4v) is 1.48. The van der Waals surface area contributed by atoms with Crippen molar-refractivity contribution in [2.45, 2.75) is 6.92 Å². The molecular formula is C9H8N6. The third kappa shape index (κ3) is 1.11. The van der Waals surface area contributed by atoms with Crippen LogP contribution in [0.5, 0.6) is 0 Å². The van der Waals surface area contributed by atoms with E-state index in [1.807, 2.05) is 29.8 Å². The van der Waals surface area contributed by atoms with Gasteiger partial charge in [-0.3, -0.25) is 4.40 Å². The minimum atomic E-state index is 0.683. The number of hydrogen-bond donors (Lipinski definition) is 0. The van der Waals surface area contributed by atoms with Gasteiger partial charge in [0.25, 0.3) is 0 Å². The topological polar surface area (TPSA) is 60.9 Å². The first-order valence-corrected chi connectivity index (χ1v) is 4.52. The molecule has 0 bridgehead atoms. The van der Waals surface area contributed by atoms with Crippen molar-refractivity contribution in [3.63, 3.8) is 0 Å². The molecule has 0 aliphatic heterocycles. The van der Waals surface area contributed by atoms with Gasteiger partial charge in [0.05, 0.1) is 0 Å². The van der Waals surface area contributed by atoms with Gasteiger partial charge in [0, 0.05) is 24.8 Å². The Labute approximate surface area is 85.2 Å². The zero-order chi connectivity index (χ0) is 10.3. The summed E-state index contributed by atoms with van der Waals surface area (Å²) in [5, 5.41) is 12.2. The van der Waals surface area contributed by atoms with E-state index < -0.39 is 0 Å². The Morgan fingerprint density at radius 3 is 2.87 bits per heavy atom. The summed E-state index contributed by atoms with van der Waals surface area (Å²) >= 11 is 0. The summed E-state index contributed by atoms with van der Waals surface area (Å²) in [6.45, 7) is 1.90. The summed E-state index contributed by atoms with van der Waals surface area (Å²) in [5.74, 6) is 1.52. The average Bonchev–Trinajstić information content (AvgIpc) is 2.88. The van der Waals surface area contributed by atoms with Gasteiger partial charge in [-0.25, -0.2) is 9.67 Å². The Bertz CT molecular complexity index is 594. The Balaban J connectivity index is 2.36. The minimum absolute atomic E-state index is 0.683. The minimum Gasteiger partial charge on any atom is -0.282 e. The van der Waals surface area contributed by atoms with Gasteiger partial charge >= 0.3 is 0 Å². The predicted octanol–water partition coefficient (Wildman–Crippen LogP) is 0.618. The van der Waals surface area contributed by atoms with Crippen LogP contribution in [0, 0.1) is 6.92 Å². The molecule has 3 rings (SSSR count). The molecule has 3 heterocycles. The van der Waals surface area contributed by atoms with E-state index in [0.29, 0.717) is 11.5 Å². The van der Waals surface area contributed by atoms with E-state index in [1.54, 1.807) is 17.1 Å². The first kappa shape index (κ1) is 8.10. The molecular weight excluding hydrogens is 192 g/mol. The zero-order valence-corrected chi connectivity index (χ0v) is 8.07. The molecule has 0 saturated heterocycles. The molecule has 0 radical (unpaired) electrons. The lowest BCUT2D eigenvalue weighted by molar-refractivity contribution is 0.840. The lowest BCUT2D eigenvalue weighted by Gasteiger charge is -2.01. The third-order valence-corrected chi connectivity index (χ3v) is 2.20. The van der Waals surface area contributed by atoms with Crippen molar-refractivity contribution in [3.05, 3.63) is 36.7 Å². The van der Waals surface area contributed by atoms with Crippen LogP contribution in [0.3, 0.4) is 0 Å². The second kappa shape index (κ2) is 2.88. The highest BCUT2D eigenvalue weighted by Crippen LogP contribution is 2.10. The Kier molecular flexibility index (Phi) is 1.55. The molecule has 0 aliphatic carbocycles. The van der Waals surface area contributed by atoms with Crippen LogP contribution in [0.2, 0.25) is 0 Å². The quantitative estimate of drug-likeness (QED) is 0.577. The number of aromatic nitrogens is 6. The molecule has 6 heteroatoms. The molecule has 0 atom stereocenters. The van der Waals surface area contributed by atoms with Crippen molar-refractivity contribution in [1.82, 2.24) is 29.4 Å². The molecule has 0 aliphatic rings. The first-order valence-electron chi connectivity index (χ1n) is 4.52. The smallest absolute Gasteiger partial charge is 0.206 e. The van der Waals surface area contributed by atoms with Crippen LogP contribution in [-0.2, 0) is 0 Å². The van der Waals surface area contributed by atoms with Crippen molar-refractivity contribution < 1.29 is 0 Å². The average molecular weight is 200 g/mol. The monoisotopic (exact) mass is 200 g/mol. The normalized spacial score (nSPS) is 11.0. The fraction of sp³-hybridized carbons (Fsp3) is 0.111. The Hall–Kier alpha value is -2.24. The second-order valence-electron chi connectivity index (χ2n) is 3.14. The van der Waals surface area contributed by atoms with Crippen LogP contribution in [0.1, 0.15) is 5.82 Å². The number of fused-ring (bicyclic) bond motifs is 1. The molecule has 0 fully saturated rings. The molecule has 15 heavy (non-hydrogen) atoms. The molecule has 3 aromatic heterocycles. The van der Waals surface area contributed by atoms with E-state index in [1.165, 1.54) is 0 Å². The van der Waals surface area contributed by atoms with E-state index >= 15 is 0 Å². The van der Waals surface area contributed by atoms with E-state index in [-0.39, 0.29) is 0 Å². The number of aryl methyl sites for hydroxylation is 1. The van der Waals surface area contributed by atoms with E-state index in [2.05, 4.69) is 20.3 Å². The van der Waals surface area contributed by atoms with Crippen molar-refractivity contribution in [2.24, 2.45) is 0 Å². The lowest BCUT2D eigenvalue weighted by atomic mass is 10.5. The third-order valence-electron chi connectivity index (χ3n) is 2.20. The van der Waals surface area contributed by atoms with Crippen molar-refractivity contribution in [3.8, 4) is 5.82 Å². The van der Waals surface area contributed by atoms with Gasteiger partial charge < -0.3 is 0 Å². The fourth-order valence-electron chi connectivity index (χ4n) is 1.48. The molecule has 0 spiro atoms. The first-order chi connectivity index (χ1) is 7.36. The molecule has 3 aromatic rings. The zero-order valence-electron chi connectivity index (χ0n) is 8.07. The number of rotatable bonds is 1. The SMILES string of the molecule is Cc1nnc2c(-n3cccn3)nccn12. The van der Waals surface area contributed by atoms with Gasteiger partial charge in [-0.15, -0.1) is 10.2 Å². The maximum absolute atomic E-state index is 4.24. The highest BCUT2D eigenvalue weighted by molar-refractivity contribution is 5.53. The molecule has 74 valence electrons. The van der Waals surface area contributed by atoms with Gasteiger partial charge in [0.15, 0.2) is 5.82 Å². The standard InChI is InChI=1S/C9H8N6/c1-7-12-13-9-8(10-4-6-14(7)9)15-5-2-3-11-15/h2-6H,1H3. The molecule has 0 N–H and O–H groups in total. The van der Waals surface area contributed by atoms with Crippen LogP contribution < -0.4 is 0 Å². The summed E-state index contributed by atoms with van der Waals surface area (Å²) < 4.78 is 3.55. The Morgan fingerprint density at radius 1 is 1.13 bits per heavy atom. The molecule has 0 saturated carbocycles. The van der Waals surface area contributed by atoms with Crippen LogP contribution in [0.4, 0.5) is 0 Å². The number of nitrogens with zero attached hydrogens (tertiary/aromatic N) is 6. The van der Waals surface area contributed by atoms with Gasteiger partial charge in [-0.05, 0) is 13.0 Å². The highest BCUT2D eigenvalue weighted by atomic mass is 15.3. The second-order valence-corrected chi connectivity index (χ2v) is 3.14. The van der Waals surface area contributed by atoms with Crippen molar-refractivity contribution in [1.29, 1.82) is 0 Å². The Morgan fingerprint density at radius 2 is 2.07 bits per heavy atom. The van der Waals surface area contributed by atoms with Crippen LogP contribution in [0.25, 0.3) is 11.5 Å².